The number of alkyl halides is 3. The van der Waals surface area contributed by atoms with Crippen LogP contribution in [0.25, 0.3) is 0 Å². The van der Waals surface area contributed by atoms with E-state index in [0.29, 0.717) is 11.4 Å². The number of nitrogens with one attached hydrogen (secondary N) is 1. The van der Waals surface area contributed by atoms with E-state index in [0.717, 1.165) is 0 Å². The van der Waals surface area contributed by atoms with E-state index < -0.39 is 36.4 Å². The highest BCUT2D eigenvalue weighted by Crippen LogP contribution is 2.37. The average Bonchev–Trinajstić information content (AvgIpc) is 2.91. The first-order valence-electron chi connectivity index (χ1n) is 7.16. The molecule has 2 atom stereocenters. The third-order valence-corrected chi connectivity index (χ3v) is 3.85. The van der Waals surface area contributed by atoms with Gasteiger partial charge >= 0.3 is 12.1 Å². The van der Waals surface area contributed by atoms with Gasteiger partial charge in [0.15, 0.2) is 0 Å². The second-order valence-electron chi connectivity index (χ2n) is 5.57. The van der Waals surface area contributed by atoms with Crippen LogP contribution in [-0.4, -0.2) is 54.8 Å². The lowest BCUT2D eigenvalue weighted by molar-refractivity contribution is -0.188. The number of carbonyl (C=O) groups excluding carboxylic acids is 1. The van der Waals surface area contributed by atoms with Crippen molar-refractivity contribution in [2.45, 2.75) is 6.18 Å². The molecule has 0 saturated carbocycles. The Hall–Kier alpha value is -2.29. The van der Waals surface area contributed by atoms with Crippen LogP contribution in [0, 0.1) is 11.8 Å². The van der Waals surface area contributed by atoms with Gasteiger partial charge in [-0.05, 0) is 12.1 Å². The number of amides is 1. The Balaban J connectivity index is 1.98. The fourth-order valence-electron chi connectivity index (χ4n) is 2.70. The molecule has 24 heavy (non-hydrogen) atoms. The van der Waals surface area contributed by atoms with E-state index in [2.05, 4.69) is 5.32 Å². The molecule has 1 aliphatic rings. The van der Waals surface area contributed by atoms with Crippen molar-refractivity contribution in [3.05, 3.63) is 24.3 Å². The number of hydrogen-bond acceptors (Lipinski definition) is 4. The summed E-state index contributed by atoms with van der Waals surface area (Å²) in [5, 5.41) is 11.5. The van der Waals surface area contributed by atoms with Crippen molar-refractivity contribution in [1.29, 1.82) is 0 Å². The van der Waals surface area contributed by atoms with E-state index >= 15 is 0 Å². The van der Waals surface area contributed by atoms with Crippen molar-refractivity contribution in [2.75, 3.05) is 32.1 Å². The third kappa shape index (κ3) is 4.38. The van der Waals surface area contributed by atoms with Crippen molar-refractivity contribution in [1.82, 2.24) is 4.90 Å². The zero-order chi connectivity index (χ0) is 17.9. The minimum absolute atomic E-state index is 0.312. The number of rotatable bonds is 5. The molecule has 0 bridgehead atoms. The highest BCUT2D eigenvalue weighted by atomic mass is 19.4. The summed E-state index contributed by atoms with van der Waals surface area (Å²) in [6.07, 6.45) is -4.61. The standard InChI is InChI=1S/C15H17F3N2O4/c1-24-10-4-2-3-9(5-10)19-13(21)8-20-6-11(14(22)23)12(7-20)15(16,17)18/h2-5,11-12H,6-8H2,1H3,(H,19,21)(H,22,23)/t11-,12-/m1/s1. The minimum Gasteiger partial charge on any atom is -0.497 e. The fraction of sp³-hybridized carbons (Fsp3) is 0.467. The molecule has 1 aromatic rings. The summed E-state index contributed by atoms with van der Waals surface area (Å²) in [4.78, 5) is 24.2. The van der Waals surface area contributed by atoms with Crippen LogP contribution in [0.5, 0.6) is 5.75 Å². The van der Waals surface area contributed by atoms with Crippen molar-refractivity contribution in [2.24, 2.45) is 11.8 Å². The molecule has 0 radical (unpaired) electrons. The van der Waals surface area contributed by atoms with Gasteiger partial charge in [-0.25, -0.2) is 0 Å². The Morgan fingerprint density at radius 2 is 2.08 bits per heavy atom. The van der Waals surface area contributed by atoms with Crippen molar-refractivity contribution in [3.63, 3.8) is 0 Å². The summed E-state index contributed by atoms with van der Waals surface area (Å²) in [5.41, 5.74) is 0.445. The molecule has 1 aliphatic heterocycles. The van der Waals surface area contributed by atoms with Gasteiger partial charge in [0.1, 0.15) is 5.75 Å². The Labute approximate surface area is 136 Å². The summed E-state index contributed by atoms with van der Waals surface area (Å²) in [7, 11) is 1.47. The monoisotopic (exact) mass is 346 g/mol. The molecule has 1 fully saturated rings. The van der Waals surface area contributed by atoms with Crippen LogP contribution in [0.2, 0.25) is 0 Å². The number of methoxy groups -OCH3 is 1. The average molecular weight is 346 g/mol. The van der Waals surface area contributed by atoms with Crippen molar-refractivity contribution >= 4 is 17.6 Å². The van der Waals surface area contributed by atoms with Crippen LogP contribution in [0.3, 0.4) is 0 Å². The first kappa shape index (κ1) is 18.1. The maximum absolute atomic E-state index is 12.9. The number of carboxylic acids is 1. The quantitative estimate of drug-likeness (QED) is 0.850. The molecule has 1 heterocycles. The number of halogens is 3. The molecular formula is C15H17F3N2O4. The topological polar surface area (TPSA) is 78.9 Å². The van der Waals surface area contributed by atoms with Crippen LogP contribution in [-0.2, 0) is 9.59 Å². The first-order chi connectivity index (χ1) is 11.2. The number of aliphatic carboxylic acids is 1. The predicted molar refractivity (Wildman–Crippen MR) is 78.7 cm³/mol. The van der Waals surface area contributed by atoms with E-state index in [1.807, 2.05) is 0 Å². The largest absolute Gasteiger partial charge is 0.497 e. The molecule has 0 aromatic heterocycles. The van der Waals surface area contributed by atoms with Gasteiger partial charge in [-0.15, -0.1) is 0 Å². The zero-order valence-electron chi connectivity index (χ0n) is 12.8. The van der Waals surface area contributed by atoms with Crippen LogP contribution in [0.1, 0.15) is 0 Å². The number of carboxylic acid groups (broad SMARTS) is 1. The first-order valence-corrected chi connectivity index (χ1v) is 7.16. The van der Waals surface area contributed by atoms with Crippen molar-refractivity contribution < 1.29 is 32.6 Å². The van der Waals surface area contributed by atoms with Gasteiger partial charge in [0.05, 0.1) is 25.5 Å². The molecule has 2 N–H and O–H groups in total. The van der Waals surface area contributed by atoms with Crippen molar-refractivity contribution in [3.8, 4) is 5.75 Å². The SMILES string of the molecule is COc1cccc(NC(=O)CN2C[C@@H](C(F)(F)F)[C@H](C(=O)O)C2)c1. The lowest BCUT2D eigenvalue weighted by Gasteiger charge is -2.18. The number of carbonyl (C=O) groups is 2. The Bertz CT molecular complexity index is 621. The molecule has 2 rings (SSSR count). The predicted octanol–water partition coefficient (Wildman–Crippen LogP) is 1.83. The summed E-state index contributed by atoms with van der Waals surface area (Å²) in [6.45, 7) is -1.13. The number of benzene rings is 1. The number of nitrogens with zero attached hydrogens (tertiary/aromatic N) is 1. The summed E-state index contributed by atoms with van der Waals surface area (Å²) < 4.78 is 43.7. The summed E-state index contributed by atoms with van der Waals surface area (Å²) >= 11 is 0. The highest BCUT2D eigenvalue weighted by Gasteiger charge is 2.52. The van der Waals surface area contributed by atoms with Gasteiger partial charge in [-0.1, -0.05) is 6.07 Å². The molecule has 1 aromatic carbocycles. The molecule has 132 valence electrons. The Kier molecular flexibility index (Phi) is 5.33. The van der Waals surface area contributed by atoms with Gasteiger partial charge in [-0.2, -0.15) is 13.2 Å². The molecule has 6 nitrogen and oxygen atoms in total. The van der Waals surface area contributed by atoms with Crippen LogP contribution in [0.15, 0.2) is 24.3 Å². The molecular weight excluding hydrogens is 329 g/mol. The maximum atomic E-state index is 12.9. The van der Waals surface area contributed by atoms with Gasteiger partial charge < -0.3 is 15.2 Å². The summed E-state index contributed by atoms with van der Waals surface area (Å²) in [6, 6.07) is 6.52. The second kappa shape index (κ2) is 7.08. The summed E-state index contributed by atoms with van der Waals surface area (Å²) in [5.74, 6) is -5.03. The molecule has 1 amide bonds. The Morgan fingerprint density at radius 3 is 2.62 bits per heavy atom. The van der Waals surface area contributed by atoms with Gasteiger partial charge in [0.25, 0.3) is 0 Å². The second-order valence-corrected chi connectivity index (χ2v) is 5.57. The van der Waals surface area contributed by atoms with E-state index in [1.165, 1.54) is 12.0 Å². The van der Waals surface area contributed by atoms with E-state index in [4.69, 9.17) is 9.84 Å². The van der Waals surface area contributed by atoms with Crippen LogP contribution < -0.4 is 10.1 Å². The van der Waals surface area contributed by atoms with E-state index in [-0.39, 0.29) is 13.1 Å². The molecule has 0 aliphatic carbocycles. The maximum Gasteiger partial charge on any atom is 0.393 e. The lowest BCUT2D eigenvalue weighted by atomic mass is 9.96. The van der Waals surface area contributed by atoms with E-state index in [9.17, 15) is 22.8 Å². The van der Waals surface area contributed by atoms with Gasteiger partial charge in [-0.3, -0.25) is 14.5 Å². The molecule has 9 heteroatoms. The smallest absolute Gasteiger partial charge is 0.393 e. The number of ether oxygens (including phenoxy) is 1. The third-order valence-electron chi connectivity index (χ3n) is 3.85. The van der Waals surface area contributed by atoms with E-state index in [1.54, 1.807) is 24.3 Å². The lowest BCUT2D eigenvalue weighted by Crippen LogP contribution is -2.34. The number of likely N-dealkylation sites (tertiary alicyclic amines) is 1. The molecule has 0 spiro atoms. The fourth-order valence-corrected chi connectivity index (χ4v) is 2.70. The Morgan fingerprint density at radius 1 is 1.38 bits per heavy atom. The van der Waals surface area contributed by atoms with Gasteiger partial charge in [0.2, 0.25) is 5.91 Å². The minimum atomic E-state index is -4.61. The molecule has 1 saturated heterocycles. The number of hydrogen-bond donors (Lipinski definition) is 2. The van der Waals surface area contributed by atoms with Crippen LogP contribution >= 0.6 is 0 Å². The highest BCUT2D eigenvalue weighted by molar-refractivity contribution is 5.92. The normalized spacial score (nSPS) is 21.5. The number of anilines is 1. The molecule has 0 unspecified atom stereocenters. The zero-order valence-corrected chi connectivity index (χ0v) is 12.8. The van der Waals surface area contributed by atoms with Crippen LogP contribution in [0.4, 0.5) is 18.9 Å². The van der Waals surface area contributed by atoms with Gasteiger partial charge in [0, 0.05) is 24.8 Å².